The van der Waals surface area contributed by atoms with Gasteiger partial charge in [-0.3, -0.25) is 0 Å². The topological polar surface area (TPSA) is 14.2 Å². The van der Waals surface area contributed by atoms with Gasteiger partial charge in [0.2, 0.25) is 0 Å². The monoisotopic (exact) mass is 285 g/mol. The van der Waals surface area contributed by atoms with Crippen LogP contribution >= 0.6 is 11.6 Å². The maximum atomic E-state index is 5.87. The van der Waals surface area contributed by atoms with Gasteiger partial charge in [-0.25, -0.2) is 0 Å². The second-order valence-corrected chi connectivity index (χ2v) is 5.46. The van der Waals surface area contributed by atoms with Gasteiger partial charge in [-0.15, -0.1) is 0 Å². The van der Waals surface area contributed by atoms with Gasteiger partial charge in [0.15, 0.2) is 0 Å². The SMILES string of the molecule is Cc1ccc2c(c1)c(COc1ccc(Cl)cc1)cn2C. The predicted molar refractivity (Wildman–Crippen MR) is 83.4 cm³/mol. The number of halogens is 1. The van der Waals surface area contributed by atoms with Gasteiger partial charge < -0.3 is 9.30 Å². The van der Waals surface area contributed by atoms with E-state index in [0.717, 1.165) is 10.8 Å². The Morgan fingerprint density at radius 2 is 1.85 bits per heavy atom. The van der Waals surface area contributed by atoms with Crippen LogP contribution in [0.15, 0.2) is 48.7 Å². The normalized spacial score (nSPS) is 10.9. The summed E-state index contributed by atoms with van der Waals surface area (Å²) in [6.45, 7) is 2.67. The third kappa shape index (κ3) is 2.52. The highest BCUT2D eigenvalue weighted by Crippen LogP contribution is 2.24. The summed E-state index contributed by atoms with van der Waals surface area (Å²) in [5, 5.41) is 1.97. The van der Waals surface area contributed by atoms with Gasteiger partial charge in [-0.2, -0.15) is 0 Å². The van der Waals surface area contributed by atoms with Crippen LogP contribution in [-0.4, -0.2) is 4.57 Å². The lowest BCUT2D eigenvalue weighted by Crippen LogP contribution is -1.94. The molecule has 20 heavy (non-hydrogen) atoms. The summed E-state index contributed by atoms with van der Waals surface area (Å²) in [6.07, 6.45) is 2.13. The number of hydrogen-bond donors (Lipinski definition) is 0. The van der Waals surface area contributed by atoms with Crippen LogP contribution in [0.5, 0.6) is 5.75 Å². The first-order chi connectivity index (χ1) is 9.63. The zero-order valence-corrected chi connectivity index (χ0v) is 12.3. The molecule has 2 nitrogen and oxygen atoms in total. The van der Waals surface area contributed by atoms with Crippen LogP contribution in [0.25, 0.3) is 10.9 Å². The number of hydrogen-bond acceptors (Lipinski definition) is 1. The molecular formula is C17H16ClNO. The van der Waals surface area contributed by atoms with Gasteiger partial charge in [0.25, 0.3) is 0 Å². The van der Waals surface area contributed by atoms with Crippen LogP contribution in [0.4, 0.5) is 0 Å². The fraction of sp³-hybridized carbons (Fsp3) is 0.176. The fourth-order valence-electron chi connectivity index (χ4n) is 2.39. The van der Waals surface area contributed by atoms with Crippen molar-refractivity contribution in [2.24, 2.45) is 7.05 Å². The third-order valence-electron chi connectivity index (χ3n) is 3.44. The standard InChI is InChI=1S/C17H16ClNO/c1-12-3-8-17-16(9-12)13(10-19(17)2)11-20-15-6-4-14(18)5-7-15/h3-10H,11H2,1-2H3. The number of fused-ring (bicyclic) bond motifs is 1. The summed E-state index contributed by atoms with van der Waals surface area (Å²) >= 11 is 5.87. The number of aryl methyl sites for hydroxylation is 2. The van der Waals surface area contributed by atoms with E-state index in [1.807, 2.05) is 24.3 Å². The van der Waals surface area contributed by atoms with Crippen molar-refractivity contribution in [3.05, 3.63) is 64.8 Å². The molecule has 0 bridgehead atoms. The molecule has 0 amide bonds. The second kappa shape index (κ2) is 5.22. The Morgan fingerprint density at radius 3 is 2.60 bits per heavy atom. The molecule has 1 heterocycles. The van der Waals surface area contributed by atoms with Crippen LogP contribution in [0, 0.1) is 6.92 Å². The van der Waals surface area contributed by atoms with Crippen molar-refractivity contribution in [1.82, 2.24) is 4.57 Å². The van der Waals surface area contributed by atoms with Gasteiger partial charge in [-0.05, 0) is 43.3 Å². The molecule has 102 valence electrons. The zero-order chi connectivity index (χ0) is 14.1. The van der Waals surface area contributed by atoms with Crippen LogP contribution in [-0.2, 0) is 13.7 Å². The lowest BCUT2D eigenvalue weighted by molar-refractivity contribution is 0.307. The summed E-state index contributed by atoms with van der Waals surface area (Å²) in [4.78, 5) is 0. The lowest BCUT2D eigenvalue weighted by Gasteiger charge is -2.05. The number of rotatable bonds is 3. The highest BCUT2D eigenvalue weighted by Gasteiger charge is 2.07. The Morgan fingerprint density at radius 1 is 1.10 bits per heavy atom. The molecule has 2 aromatic carbocycles. The molecule has 0 aliphatic rings. The Bertz CT molecular complexity index is 744. The average molecular weight is 286 g/mol. The number of aromatic nitrogens is 1. The summed E-state index contributed by atoms with van der Waals surface area (Å²) in [7, 11) is 2.06. The van der Waals surface area contributed by atoms with Crippen molar-refractivity contribution in [3.8, 4) is 5.75 Å². The Kier molecular flexibility index (Phi) is 3.41. The molecule has 3 heteroatoms. The van der Waals surface area contributed by atoms with Crippen LogP contribution < -0.4 is 4.74 Å². The highest BCUT2D eigenvalue weighted by molar-refractivity contribution is 6.30. The van der Waals surface area contributed by atoms with Crippen molar-refractivity contribution in [1.29, 1.82) is 0 Å². The lowest BCUT2D eigenvalue weighted by atomic mass is 10.1. The van der Waals surface area contributed by atoms with Gasteiger partial charge in [0.1, 0.15) is 12.4 Å². The highest BCUT2D eigenvalue weighted by atomic mass is 35.5. The van der Waals surface area contributed by atoms with E-state index in [4.69, 9.17) is 16.3 Å². The third-order valence-corrected chi connectivity index (χ3v) is 3.69. The molecular weight excluding hydrogens is 270 g/mol. The summed E-state index contributed by atoms with van der Waals surface area (Å²) < 4.78 is 7.97. The van der Waals surface area contributed by atoms with E-state index in [2.05, 4.69) is 42.9 Å². The first kappa shape index (κ1) is 13.1. The van der Waals surface area contributed by atoms with E-state index in [9.17, 15) is 0 Å². The Labute approximate surface area is 123 Å². The maximum absolute atomic E-state index is 5.87. The largest absolute Gasteiger partial charge is 0.489 e. The van der Waals surface area contributed by atoms with Crippen LogP contribution in [0.3, 0.4) is 0 Å². The molecule has 0 aliphatic carbocycles. The van der Waals surface area contributed by atoms with Crippen molar-refractivity contribution < 1.29 is 4.74 Å². The van der Waals surface area contributed by atoms with Crippen LogP contribution in [0.1, 0.15) is 11.1 Å². The minimum absolute atomic E-state index is 0.558. The quantitative estimate of drug-likeness (QED) is 0.679. The van der Waals surface area contributed by atoms with E-state index in [1.165, 1.54) is 22.0 Å². The summed E-state index contributed by atoms with van der Waals surface area (Å²) in [6, 6.07) is 13.9. The van der Waals surface area contributed by atoms with Crippen molar-refractivity contribution in [2.45, 2.75) is 13.5 Å². The van der Waals surface area contributed by atoms with E-state index < -0.39 is 0 Å². The predicted octanol–water partition coefficient (Wildman–Crippen LogP) is 4.72. The van der Waals surface area contributed by atoms with Gasteiger partial charge in [-0.1, -0.05) is 23.2 Å². The fourth-order valence-corrected chi connectivity index (χ4v) is 2.52. The Balaban J connectivity index is 1.87. The number of benzene rings is 2. The molecule has 0 aliphatic heterocycles. The smallest absolute Gasteiger partial charge is 0.119 e. The molecule has 0 atom stereocenters. The second-order valence-electron chi connectivity index (χ2n) is 5.03. The van der Waals surface area contributed by atoms with E-state index in [-0.39, 0.29) is 0 Å². The average Bonchev–Trinajstić information content (AvgIpc) is 2.74. The van der Waals surface area contributed by atoms with Crippen molar-refractivity contribution in [3.63, 3.8) is 0 Å². The Hall–Kier alpha value is -1.93. The molecule has 3 aromatic rings. The van der Waals surface area contributed by atoms with E-state index >= 15 is 0 Å². The molecule has 0 fully saturated rings. The molecule has 0 N–H and O–H groups in total. The summed E-state index contributed by atoms with van der Waals surface area (Å²) in [5.41, 5.74) is 3.68. The van der Waals surface area contributed by atoms with Crippen LogP contribution in [0.2, 0.25) is 5.02 Å². The first-order valence-electron chi connectivity index (χ1n) is 6.56. The minimum atomic E-state index is 0.558. The van der Waals surface area contributed by atoms with E-state index in [0.29, 0.717) is 6.61 Å². The van der Waals surface area contributed by atoms with Gasteiger partial charge >= 0.3 is 0 Å². The number of nitrogens with zero attached hydrogens (tertiary/aromatic N) is 1. The molecule has 3 rings (SSSR count). The van der Waals surface area contributed by atoms with Gasteiger partial charge in [0.05, 0.1) is 0 Å². The van der Waals surface area contributed by atoms with Crippen molar-refractivity contribution in [2.75, 3.05) is 0 Å². The zero-order valence-electron chi connectivity index (χ0n) is 11.6. The molecule has 0 radical (unpaired) electrons. The molecule has 0 saturated carbocycles. The molecule has 0 saturated heterocycles. The minimum Gasteiger partial charge on any atom is -0.489 e. The van der Waals surface area contributed by atoms with Gasteiger partial charge in [0, 0.05) is 34.7 Å². The molecule has 0 unspecified atom stereocenters. The van der Waals surface area contributed by atoms with E-state index in [1.54, 1.807) is 0 Å². The summed E-state index contributed by atoms with van der Waals surface area (Å²) in [5.74, 6) is 0.832. The number of ether oxygens (including phenoxy) is 1. The first-order valence-corrected chi connectivity index (χ1v) is 6.94. The molecule has 0 spiro atoms. The molecule has 1 aromatic heterocycles. The van der Waals surface area contributed by atoms with Crippen molar-refractivity contribution >= 4 is 22.5 Å². The maximum Gasteiger partial charge on any atom is 0.119 e.